The van der Waals surface area contributed by atoms with Gasteiger partial charge in [0.15, 0.2) is 0 Å². The number of aromatic nitrogens is 2. The lowest BCUT2D eigenvalue weighted by Gasteiger charge is -2.26. The molecule has 0 aliphatic carbocycles. The number of benzene rings is 1. The number of nitrogens with two attached hydrogens (primary N) is 1. The first-order chi connectivity index (χ1) is 11.1. The van der Waals surface area contributed by atoms with E-state index in [0.29, 0.717) is 31.9 Å². The molecule has 0 amide bonds. The third-order valence-corrected chi connectivity index (χ3v) is 3.87. The third kappa shape index (κ3) is 2.89. The van der Waals surface area contributed by atoms with Crippen LogP contribution in [-0.2, 0) is 4.74 Å². The fourth-order valence-electron chi connectivity index (χ4n) is 2.70. The van der Waals surface area contributed by atoms with Crippen molar-refractivity contribution >= 4 is 23.7 Å². The zero-order valence-corrected chi connectivity index (χ0v) is 12.4. The van der Waals surface area contributed by atoms with E-state index in [4.69, 9.17) is 15.9 Å². The normalized spacial score (nSPS) is 15.6. The Morgan fingerprint density at radius 1 is 1.30 bits per heavy atom. The number of imidazole rings is 1. The summed E-state index contributed by atoms with van der Waals surface area (Å²) in [6, 6.07) is 3.61. The van der Waals surface area contributed by atoms with Crippen molar-refractivity contribution in [2.24, 2.45) is 0 Å². The van der Waals surface area contributed by atoms with Crippen LogP contribution < -0.4 is 11.1 Å². The van der Waals surface area contributed by atoms with Crippen LogP contribution in [0.2, 0.25) is 0 Å². The Kier molecular flexibility index (Phi) is 4.24. The zero-order valence-electron chi connectivity index (χ0n) is 12.4. The van der Waals surface area contributed by atoms with E-state index in [-0.39, 0.29) is 23.4 Å². The van der Waals surface area contributed by atoms with Crippen LogP contribution in [0.4, 0.5) is 26.2 Å². The number of ether oxygens (including phenoxy) is 1. The summed E-state index contributed by atoms with van der Waals surface area (Å²) in [6.45, 7) is 1.16. The molecule has 1 aromatic heterocycles. The maximum absolute atomic E-state index is 13.9. The minimum atomic E-state index is -0.721. The fraction of sp³-hybridized carbons (Fsp3) is 0.333. The molecule has 8 heteroatoms. The molecule has 122 valence electrons. The van der Waals surface area contributed by atoms with E-state index in [9.17, 15) is 8.78 Å². The number of halogens is 2. The Labute approximate surface area is 131 Å². The molecule has 2 heterocycles. The summed E-state index contributed by atoms with van der Waals surface area (Å²) in [5, 5.41) is 10.1. The highest BCUT2D eigenvalue weighted by Gasteiger charge is 2.24. The van der Waals surface area contributed by atoms with Crippen LogP contribution in [0.5, 0.6) is 0 Å². The van der Waals surface area contributed by atoms with E-state index in [0.717, 1.165) is 18.3 Å². The van der Waals surface area contributed by atoms with Crippen LogP contribution >= 0.6 is 0 Å². The lowest BCUT2D eigenvalue weighted by Crippen LogP contribution is -2.22. The molecule has 0 bridgehead atoms. The summed E-state index contributed by atoms with van der Waals surface area (Å²) in [4.78, 5) is 4.19. The molecular weight excluding hydrogens is 304 g/mol. The summed E-state index contributed by atoms with van der Waals surface area (Å²) in [5.41, 5.74) is 6.03. The van der Waals surface area contributed by atoms with Gasteiger partial charge in [0.1, 0.15) is 28.8 Å². The van der Waals surface area contributed by atoms with Crippen molar-refractivity contribution < 1.29 is 13.5 Å². The Balaban J connectivity index is 2.02. The number of anilines is 3. The minimum Gasteiger partial charge on any atom is -0.383 e. The van der Waals surface area contributed by atoms with Gasteiger partial charge in [-0.25, -0.2) is 13.8 Å². The Bertz CT molecular complexity index is 705. The molecule has 6 nitrogen and oxygen atoms in total. The Morgan fingerprint density at radius 2 is 1.96 bits per heavy atom. The number of hydrogen-bond acceptors (Lipinski definition) is 5. The molecule has 0 spiro atoms. The second kappa shape index (κ2) is 6.33. The molecule has 4 N–H and O–H groups in total. The van der Waals surface area contributed by atoms with Gasteiger partial charge in [-0.2, -0.15) is 0 Å². The first kappa shape index (κ1) is 15.4. The van der Waals surface area contributed by atoms with E-state index >= 15 is 0 Å². The number of hydrogen-bond donors (Lipinski definition) is 3. The number of nitrogens with zero attached hydrogens (tertiary/aromatic N) is 2. The van der Waals surface area contributed by atoms with Crippen LogP contribution in [0, 0.1) is 17.0 Å². The smallest absolute Gasteiger partial charge is 0.210 e. The molecule has 0 saturated carbocycles. The average Bonchev–Trinajstić information content (AvgIpc) is 2.87. The predicted molar refractivity (Wildman–Crippen MR) is 83.3 cm³/mol. The first-order valence-electron chi connectivity index (χ1n) is 7.28. The van der Waals surface area contributed by atoms with Gasteiger partial charge in [-0.05, 0) is 25.0 Å². The quantitative estimate of drug-likeness (QED) is 0.756. The van der Waals surface area contributed by atoms with Gasteiger partial charge in [0.05, 0.1) is 0 Å². The lowest BCUT2D eigenvalue weighted by atomic mass is 10.1. The van der Waals surface area contributed by atoms with E-state index in [2.05, 4.69) is 10.3 Å². The van der Waals surface area contributed by atoms with Gasteiger partial charge >= 0.3 is 0 Å². The van der Waals surface area contributed by atoms with Crippen molar-refractivity contribution in [3.8, 4) is 0 Å². The lowest BCUT2D eigenvalue weighted by molar-refractivity contribution is 0.0706. The number of nitrogen functional groups attached to an aromatic ring is 1. The van der Waals surface area contributed by atoms with Crippen LogP contribution in [0.25, 0.3) is 0 Å². The minimum absolute atomic E-state index is 0.00212. The highest BCUT2D eigenvalue weighted by Crippen LogP contribution is 2.32. The van der Waals surface area contributed by atoms with Gasteiger partial charge in [0.25, 0.3) is 0 Å². The summed E-state index contributed by atoms with van der Waals surface area (Å²) in [7, 11) is 0. The van der Waals surface area contributed by atoms with E-state index < -0.39 is 11.6 Å². The van der Waals surface area contributed by atoms with Gasteiger partial charge < -0.3 is 21.2 Å². The molecular formula is C15H17F2N5O. The second-order valence-electron chi connectivity index (χ2n) is 5.29. The fourth-order valence-corrected chi connectivity index (χ4v) is 2.70. The number of para-hydroxylation sites is 1. The second-order valence-corrected chi connectivity index (χ2v) is 5.29. The molecule has 1 aliphatic rings. The molecule has 23 heavy (non-hydrogen) atoms. The summed E-state index contributed by atoms with van der Waals surface area (Å²) >= 11 is 0. The predicted octanol–water partition coefficient (Wildman–Crippen LogP) is 2.84. The maximum atomic E-state index is 13.9. The Hall–Kier alpha value is -2.48. The molecule has 1 fully saturated rings. The van der Waals surface area contributed by atoms with Crippen molar-refractivity contribution in [3.63, 3.8) is 0 Å². The van der Waals surface area contributed by atoms with Gasteiger partial charge in [0.2, 0.25) is 5.95 Å². The zero-order chi connectivity index (χ0) is 16.4. The SMILES string of the molecule is N=Cc1nc(Nc2c(F)cccc2F)n(C2CCOCC2)c1N. The van der Waals surface area contributed by atoms with E-state index in [1.54, 1.807) is 4.57 Å². The number of rotatable bonds is 4. The van der Waals surface area contributed by atoms with Crippen molar-refractivity contribution in [3.05, 3.63) is 35.5 Å². The summed E-state index contributed by atoms with van der Waals surface area (Å²) in [6.07, 6.45) is 2.45. The van der Waals surface area contributed by atoms with E-state index in [1.165, 1.54) is 6.07 Å². The van der Waals surface area contributed by atoms with Gasteiger partial charge in [-0.15, -0.1) is 0 Å². The highest BCUT2D eigenvalue weighted by atomic mass is 19.1. The molecule has 3 rings (SSSR count). The molecule has 0 unspecified atom stereocenters. The van der Waals surface area contributed by atoms with Gasteiger partial charge in [-0.1, -0.05) is 6.07 Å². The van der Waals surface area contributed by atoms with Crippen molar-refractivity contribution in [2.45, 2.75) is 18.9 Å². The summed E-state index contributed by atoms with van der Waals surface area (Å²) in [5.74, 6) is -0.925. The molecule has 0 radical (unpaired) electrons. The molecule has 0 atom stereocenters. The third-order valence-electron chi connectivity index (χ3n) is 3.87. The van der Waals surface area contributed by atoms with Crippen molar-refractivity contribution in [1.82, 2.24) is 9.55 Å². The molecule has 1 aliphatic heterocycles. The van der Waals surface area contributed by atoms with Crippen molar-refractivity contribution in [1.29, 1.82) is 5.41 Å². The van der Waals surface area contributed by atoms with Crippen molar-refractivity contribution in [2.75, 3.05) is 24.3 Å². The summed E-state index contributed by atoms with van der Waals surface area (Å²) < 4.78 is 34.7. The van der Waals surface area contributed by atoms with Gasteiger partial charge in [0, 0.05) is 25.5 Å². The maximum Gasteiger partial charge on any atom is 0.210 e. The largest absolute Gasteiger partial charge is 0.383 e. The molecule has 1 aromatic carbocycles. The monoisotopic (exact) mass is 321 g/mol. The standard InChI is InChI=1S/C15H17F2N5O/c16-10-2-1-3-11(17)13(10)21-15-20-12(8-18)14(19)22(15)9-4-6-23-7-5-9/h1-3,8-9,18H,4-7,19H2,(H,20,21). The number of nitrogens with one attached hydrogen (secondary N) is 2. The van der Waals surface area contributed by atoms with Crippen LogP contribution in [0.1, 0.15) is 24.6 Å². The topological polar surface area (TPSA) is 89.0 Å². The van der Waals surface area contributed by atoms with Gasteiger partial charge in [-0.3, -0.25) is 4.57 Å². The highest BCUT2D eigenvalue weighted by molar-refractivity contribution is 5.83. The van der Waals surface area contributed by atoms with Crippen LogP contribution in [0.3, 0.4) is 0 Å². The molecule has 2 aromatic rings. The van der Waals surface area contributed by atoms with E-state index in [1.807, 2.05) is 0 Å². The average molecular weight is 321 g/mol. The van der Waals surface area contributed by atoms with Crippen LogP contribution in [-0.4, -0.2) is 29.0 Å². The van der Waals surface area contributed by atoms with Crippen LogP contribution in [0.15, 0.2) is 18.2 Å². The molecule has 1 saturated heterocycles. The first-order valence-corrected chi connectivity index (χ1v) is 7.28. The Morgan fingerprint density at radius 3 is 2.57 bits per heavy atom.